The van der Waals surface area contributed by atoms with Gasteiger partial charge in [-0.2, -0.15) is 4.98 Å². The molecule has 5 rings (SSSR count). The van der Waals surface area contributed by atoms with Gasteiger partial charge < -0.3 is 20.4 Å². The molecule has 3 heterocycles. The maximum absolute atomic E-state index is 12.1. The number of anilines is 3. The van der Waals surface area contributed by atoms with E-state index in [9.17, 15) is 4.79 Å². The Labute approximate surface area is 195 Å². The molecule has 0 saturated carbocycles. The van der Waals surface area contributed by atoms with Gasteiger partial charge in [-0.1, -0.05) is 36.4 Å². The highest BCUT2D eigenvalue weighted by Gasteiger charge is 2.14. The summed E-state index contributed by atoms with van der Waals surface area (Å²) in [6.45, 7) is 0.638. The third-order valence-electron chi connectivity index (χ3n) is 5.03. The fourth-order valence-electron chi connectivity index (χ4n) is 3.38. The molecule has 3 aromatic heterocycles. The number of aromatic nitrogens is 4. The van der Waals surface area contributed by atoms with E-state index in [0.717, 1.165) is 17.7 Å². The van der Waals surface area contributed by atoms with Gasteiger partial charge >= 0.3 is 6.03 Å². The van der Waals surface area contributed by atoms with Crippen molar-refractivity contribution in [2.45, 2.75) is 6.42 Å². The number of nitrogens with one attached hydrogen (secondary N) is 3. The van der Waals surface area contributed by atoms with Gasteiger partial charge in [-0.05, 0) is 48.4 Å². The molecule has 0 radical (unpaired) electrons. The highest BCUT2D eigenvalue weighted by Crippen LogP contribution is 2.24. The van der Waals surface area contributed by atoms with Gasteiger partial charge in [0.25, 0.3) is 5.71 Å². The minimum absolute atomic E-state index is 0.286. The van der Waals surface area contributed by atoms with Crippen LogP contribution in [0.4, 0.5) is 22.0 Å². The molecule has 5 aromatic rings. The van der Waals surface area contributed by atoms with Crippen LogP contribution in [0.5, 0.6) is 0 Å². The van der Waals surface area contributed by atoms with Gasteiger partial charge in [-0.3, -0.25) is 4.98 Å². The molecule has 0 atom stereocenters. The van der Waals surface area contributed by atoms with Crippen molar-refractivity contribution in [1.29, 1.82) is 0 Å². The molecular formula is C25H21N7O2. The van der Waals surface area contributed by atoms with Crippen molar-refractivity contribution in [2.75, 3.05) is 22.5 Å². The summed E-state index contributed by atoms with van der Waals surface area (Å²) >= 11 is 0. The van der Waals surface area contributed by atoms with E-state index in [1.165, 1.54) is 6.33 Å². The first-order valence-corrected chi connectivity index (χ1v) is 10.7. The summed E-state index contributed by atoms with van der Waals surface area (Å²) in [5.41, 5.74) is 4.17. The van der Waals surface area contributed by atoms with Crippen LogP contribution < -0.4 is 16.0 Å². The second kappa shape index (κ2) is 9.78. The summed E-state index contributed by atoms with van der Waals surface area (Å²) in [6, 6.07) is 22.3. The summed E-state index contributed by atoms with van der Waals surface area (Å²) in [5, 5.41) is 8.92. The molecule has 3 N–H and O–H groups in total. The molecule has 2 amide bonds. The molecule has 0 bridgehead atoms. The Bertz CT molecular complexity index is 1390. The van der Waals surface area contributed by atoms with Crippen molar-refractivity contribution in [3.63, 3.8) is 0 Å². The van der Waals surface area contributed by atoms with E-state index in [4.69, 9.17) is 4.42 Å². The lowest BCUT2D eigenvalue weighted by atomic mass is 10.1. The predicted octanol–water partition coefficient (Wildman–Crippen LogP) is 4.98. The normalized spacial score (nSPS) is 10.7. The second-order valence-electron chi connectivity index (χ2n) is 7.43. The van der Waals surface area contributed by atoms with E-state index in [-0.39, 0.29) is 6.03 Å². The number of fused-ring (bicyclic) bond motifs is 1. The molecule has 9 heteroatoms. The van der Waals surface area contributed by atoms with Gasteiger partial charge in [-0.25, -0.2) is 14.8 Å². The number of pyridine rings is 1. The van der Waals surface area contributed by atoms with Gasteiger partial charge in [0, 0.05) is 24.1 Å². The monoisotopic (exact) mass is 451 g/mol. The number of carbonyl (C=O) groups is 1. The first-order valence-electron chi connectivity index (χ1n) is 10.7. The van der Waals surface area contributed by atoms with Crippen LogP contribution in [0.3, 0.4) is 0 Å². The minimum atomic E-state index is -0.286. The average Bonchev–Trinajstić information content (AvgIpc) is 3.32. The lowest BCUT2D eigenvalue weighted by molar-refractivity contribution is 0.262. The van der Waals surface area contributed by atoms with Gasteiger partial charge in [-0.15, -0.1) is 0 Å². The lowest BCUT2D eigenvalue weighted by Crippen LogP contribution is -2.19. The van der Waals surface area contributed by atoms with E-state index in [0.29, 0.717) is 40.9 Å². The average molecular weight is 451 g/mol. The summed E-state index contributed by atoms with van der Waals surface area (Å²) < 4.78 is 5.74. The first kappa shape index (κ1) is 21.1. The van der Waals surface area contributed by atoms with Gasteiger partial charge in [0.1, 0.15) is 12.0 Å². The van der Waals surface area contributed by atoms with E-state index in [1.807, 2.05) is 72.8 Å². The smallest absolute Gasteiger partial charge is 0.323 e. The molecule has 0 spiro atoms. The van der Waals surface area contributed by atoms with Crippen LogP contribution in [0.25, 0.3) is 22.8 Å². The zero-order valence-electron chi connectivity index (χ0n) is 18.1. The Morgan fingerprint density at radius 2 is 1.59 bits per heavy atom. The number of carbonyl (C=O) groups excluding carboxylic acids is 1. The van der Waals surface area contributed by atoms with Crippen LogP contribution in [-0.4, -0.2) is 32.5 Å². The third-order valence-corrected chi connectivity index (χ3v) is 5.03. The highest BCUT2D eigenvalue weighted by atomic mass is 16.4. The molecule has 0 aliphatic heterocycles. The number of hydrogen-bond donors (Lipinski definition) is 3. The molecule has 2 aromatic carbocycles. The first-order chi connectivity index (χ1) is 16.7. The number of nitrogens with zero attached hydrogens (tertiary/aromatic N) is 4. The summed E-state index contributed by atoms with van der Waals surface area (Å²) in [7, 11) is 0. The molecule has 0 unspecified atom stereocenters. The maximum Gasteiger partial charge on any atom is 0.323 e. The van der Waals surface area contributed by atoms with Crippen LogP contribution >= 0.6 is 0 Å². The Balaban J connectivity index is 1.17. The number of oxazole rings is 1. The molecule has 34 heavy (non-hydrogen) atoms. The van der Waals surface area contributed by atoms with Crippen molar-refractivity contribution >= 4 is 34.5 Å². The maximum atomic E-state index is 12.1. The third kappa shape index (κ3) is 4.99. The van der Waals surface area contributed by atoms with Gasteiger partial charge in [0.05, 0.1) is 0 Å². The largest absolute Gasteiger partial charge is 0.416 e. The second-order valence-corrected chi connectivity index (χ2v) is 7.43. The topological polar surface area (TPSA) is 118 Å². The van der Waals surface area contributed by atoms with Crippen molar-refractivity contribution in [3.8, 4) is 11.6 Å². The minimum Gasteiger partial charge on any atom is -0.416 e. The number of para-hydroxylation sites is 1. The number of rotatable bonds is 7. The predicted molar refractivity (Wildman–Crippen MR) is 131 cm³/mol. The number of benzene rings is 2. The fourth-order valence-corrected chi connectivity index (χ4v) is 3.38. The van der Waals surface area contributed by atoms with Crippen molar-refractivity contribution in [2.24, 2.45) is 0 Å². The molecule has 0 saturated heterocycles. The van der Waals surface area contributed by atoms with Crippen LogP contribution in [0.15, 0.2) is 89.7 Å². The van der Waals surface area contributed by atoms with E-state index in [2.05, 4.69) is 35.9 Å². The summed E-state index contributed by atoms with van der Waals surface area (Å²) in [4.78, 5) is 29.4. The summed E-state index contributed by atoms with van der Waals surface area (Å²) in [5.74, 6) is 1.00. The van der Waals surface area contributed by atoms with Crippen molar-refractivity contribution in [1.82, 2.24) is 19.9 Å². The lowest BCUT2D eigenvalue weighted by Gasteiger charge is -2.09. The van der Waals surface area contributed by atoms with Crippen LogP contribution in [-0.2, 0) is 6.42 Å². The number of hydrogen-bond acceptors (Lipinski definition) is 7. The van der Waals surface area contributed by atoms with E-state index >= 15 is 0 Å². The zero-order valence-corrected chi connectivity index (χ0v) is 18.1. The quantitative estimate of drug-likeness (QED) is 0.319. The molecule has 168 valence electrons. The number of amides is 2. The summed E-state index contributed by atoms with van der Waals surface area (Å²) in [6.07, 6.45) is 3.89. The van der Waals surface area contributed by atoms with E-state index < -0.39 is 0 Å². The zero-order chi connectivity index (χ0) is 23.2. The van der Waals surface area contributed by atoms with Crippen molar-refractivity contribution in [3.05, 3.63) is 90.9 Å². The van der Waals surface area contributed by atoms with Crippen LogP contribution in [0.1, 0.15) is 5.56 Å². The highest BCUT2D eigenvalue weighted by molar-refractivity contribution is 5.99. The van der Waals surface area contributed by atoms with Crippen LogP contribution in [0.2, 0.25) is 0 Å². The standard InChI is InChI=1S/C25H21N7O2/c33-25(30-18-6-2-1-3-7-18)31-19-11-9-17(10-12-19)13-15-27-22-21-24(29-16-28-22)34-23(32-21)20-8-4-5-14-26-20/h1-12,14,16H,13,15H2,(H,27,28,29)(H2,30,31,33). The fraction of sp³-hybridized carbons (Fsp3) is 0.0800. The molecule has 0 fully saturated rings. The Hall–Kier alpha value is -4.79. The molecule has 0 aliphatic rings. The molecule has 0 aliphatic carbocycles. The molecular weight excluding hydrogens is 430 g/mol. The van der Waals surface area contributed by atoms with Gasteiger partial charge in [0.15, 0.2) is 11.3 Å². The number of urea groups is 1. The Morgan fingerprint density at radius 3 is 2.35 bits per heavy atom. The van der Waals surface area contributed by atoms with Gasteiger partial charge in [0.2, 0.25) is 5.89 Å². The Morgan fingerprint density at radius 1 is 0.824 bits per heavy atom. The molecule has 9 nitrogen and oxygen atoms in total. The SMILES string of the molecule is O=C(Nc1ccccc1)Nc1ccc(CCNc2ncnc3oc(-c4ccccn4)nc23)cc1. The van der Waals surface area contributed by atoms with Crippen molar-refractivity contribution < 1.29 is 9.21 Å². The van der Waals surface area contributed by atoms with E-state index in [1.54, 1.807) is 6.20 Å². The van der Waals surface area contributed by atoms with Crippen LogP contribution in [0, 0.1) is 0 Å². The Kier molecular flexibility index (Phi) is 6.06.